The van der Waals surface area contributed by atoms with Crippen LogP contribution in [0.15, 0.2) is 0 Å². The van der Waals surface area contributed by atoms with Crippen LogP contribution in [0.2, 0.25) is 0 Å². The molecule has 0 heterocycles. The van der Waals surface area contributed by atoms with Crippen molar-refractivity contribution in [3.63, 3.8) is 0 Å². The Balaban J connectivity index is 2.59. The van der Waals surface area contributed by atoms with Gasteiger partial charge >= 0.3 is 0 Å². The predicted octanol–water partition coefficient (Wildman–Crippen LogP) is 2.34. The fourth-order valence-corrected chi connectivity index (χ4v) is 2.28. The first-order valence-electron chi connectivity index (χ1n) is 5.35. The van der Waals surface area contributed by atoms with Crippen molar-refractivity contribution in [3.8, 4) is 0 Å². The summed E-state index contributed by atoms with van der Waals surface area (Å²) in [5, 5.41) is 2.93. The van der Waals surface area contributed by atoms with Gasteiger partial charge in [0, 0.05) is 12.5 Å². The highest BCUT2D eigenvalue weighted by molar-refractivity contribution is 5.79. The number of rotatable bonds is 2. The zero-order valence-electron chi connectivity index (χ0n) is 9.02. The van der Waals surface area contributed by atoms with Crippen LogP contribution in [0.5, 0.6) is 0 Å². The summed E-state index contributed by atoms with van der Waals surface area (Å²) in [5.74, 6) is 0.494. The molecule has 1 amide bonds. The van der Waals surface area contributed by atoms with E-state index in [1.165, 1.54) is 19.3 Å². The maximum Gasteiger partial charge on any atom is 0.223 e. The van der Waals surface area contributed by atoms with Gasteiger partial charge in [-0.05, 0) is 25.2 Å². The second kappa shape index (κ2) is 4.12. The third kappa shape index (κ3) is 2.45. The van der Waals surface area contributed by atoms with Crippen LogP contribution in [-0.2, 0) is 4.79 Å². The van der Waals surface area contributed by atoms with E-state index in [-0.39, 0.29) is 17.2 Å². The van der Waals surface area contributed by atoms with Gasteiger partial charge < -0.3 is 5.32 Å². The fourth-order valence-electron chi connectivity index (χ4n) is 2.28. The monoisotopic (exact) mass is 183 g/mol. The lowest BCUT2D eigenvalue weighted by molar-refractivity contribution is -0.130. The Morgan fingerprint density at radius 1 is 1.46 bits per heavy atom. The Kier molecular flexibility index (Phi) is 3.34. The number of hydrogen-bond donors (Lipinski definition) is 1. The van der Waals surface area contributed by atoms with Crippen molar-refractivity contribution >= 4 is 5.91 Å². The Morgan fingerprint density at radius 2 is 2.15 bits per heavy atom. The molecule has 1 rings (SSSR count). The first-order chi connectivity index (χ1) is 6.08. The summed E-state index contributed by atoms with van der Waals surface area (Å²) in [7, 11) is 0. The molecule has 0 aliphatic heterocycles. The van der Waals surface area contributed by atoms with Crippen molar-refractivity contribution in [1.29, 1.82) is 0 Å². The summed E-state index contributed by atoms with van der Waals surface area (Å²) in [6, 6.07) is 0. The van der Waals surface area contributed by atoms with Crippen molar-refractivity contribution in [2.45, 2.75) is 46.5 Å². The van der Waals surface area contributed by atoms with Crippen LogP contribution in [-0.4, -0.2) is 12.5 Å². The number of nitrogens with one attached hydrogen (secondary N) is 1. The molecular weight excluding hydrogens is 162 g/mol. The van der Waals surface area contributed by atoms with Gasteiger partial charge in [-0.15, -0.1) is 0 Å². The SMILES string of the molecule is CCNC(=O)C1CCCCC1(C)C. The molecule has 76 valence electrons. The highest BCUT2D eigenvalue weighted by Crippen LogP contribution is 2.40. The molecule has 1 saturated carbocycles. The third-order valence-electron chi connectivity index (χ3n) is 3.17. The van der Waals surface area contributed by atoms with Crippen LogP contribution in [0.3, 0.4) is 0 Å². The average Bonchev–Trinajstić information content (AvgIpc) is 2.03. The number of amides is 1. The molecule has 1 unspecified atom stereocenters. The van der Waals surface area contributed by atoms with Crippen LogP contribution in [0.4, 0.5) is 0 Å². The molecule has 2 nitrogen and oxygen atoms in total. The molecule has 0 aromatic rings. The van der Waals surface area contributed by atoms with Gasteiger partial charge in [-0.1, -0.05) is 26.7 Å². The van der Waals surface area contributed by atoms with Gasteiger partial charge in [-0.2, -0.15) is 0 Å². The summed E-state index contributed by atoms with van der Waals surface area (Å²) < 4.78 is 0. The summed E-state index contributed by atoms with van der Waals surface area (Å²) in [4.78, 5) is 11.7. The standard InChI is InChI=1S/C11H21NO/c1-4-12-10(13)9-7-5-6-8-11(9,2)3/h9H,4-8H2,1-3H3,(H,12,13). The van der Waals surface area contributed by atoms with Gasteiger partial charge in [0.25, 0.3) is 0 Å². The molecular formula is C11H21NO. The molecule has 2 heteroatoms. The van der Waals surface area contributed by atoms with Crippen molar-refractivity contribution in [2.75, 3.05) is 6.54 Å². The van der Waals surface area contributed by atoms with Gasteiger partial charge in [0.15, 0.2) is 0 Å². The van der Waals surface area contributed by atoms with E-state index >= 15 is 0 Å². The van der Waals surface area contributed by atoms with Crippen LogP contribution in [0.1, 0.15) is 46.5 Å². The van der Waals surface area contributed by atoms with Crippen molar-refractivity contribution < 1.29 is 4.79 Å². The van der Waals surface area contributed by atoms with E-state index in [4.69, 9.17) is 0 Å². The van der Waals surface area contributed by atoms with E-state index in [9.17, 15) is 4.79 Å². The first-order valence-corrected chi connectivity index (χ1v) is 5.35. The molecule has 0 bridgehead atoms. The predicted molar refractivity (Wildman–Crippen MR) is 54.4 cm³/mol. The van der Waals surface area contributed by atoms with E-state index in [1.807, 2.05) is 6.92 Å². The number of hydrogen-bond acceptors (Lipinski definition) is 1. The van der Waals surface area contributed by atoms with E-state index in [2.05, 4.69) is 19.2 Å². The van der Waals surface area contributed by atoms with Gasteiger partial charge in [0.05, 0.1) is 0 Å². The average molecular weight is 183 g/mol. The highest BCUT2D eigenvalue weighted by atomic mass is 16.1. The maximum atomic E-state index is 11.7. The van der Waals surface area contributed by atoms with E-state index in [0.717, 1.165) is 13.0 Å². The molecule has 0 aromatic carbocycles. The summed E-state index contributed by atoms with van der Waals surface area (Å²) in [5.41, 5.74) is 0.206. The number of carbonyl (C=O) groups is 1. The quantitative estimate of drug-likeness (QED) is 0.699. The minimum absolute atomic E-state index is 0.206. The summed E-state index contributed by atoms with van der Waals surface area (Å²) in [6.07, 6.45) is 4.75. The molecule has 1 aliphatic carbocycles. The van der Waals surface area contributed by atoms with Gasteiger partial charge in [-0.3, -0.25) is 4.79 Å². The van der Waals surface area contributed by atoms with E-state index in [0.29, 0.717) is 0 Å². The molecule has 0 saturated heterocycles. The van der Waals surface area contributed by atoms with Crippen molar-refractivity contribution in [2.24, 2.45) is 11.3 Å². The zero-order chi connectivity index (χ0) is 9.90. The molecule has 1 N–H and O–H groups in total. The number of carbonyl (C=O) groups excluding carboxylic acids is 1. The van der Waals surface area contributed by atoms with Crippen LogP contribution < -0.4 is 5.32 Å². The lowest BCUT2D eigenvalue weighted by Crippen LogP contribution is -2.40. The maximum absolute atomic E-state index is 11.7. The normalized spacial score (nSPS) is 26.8. The molecule has 0 radical (unpaired) electrons. The van der Waals surface area contributed by atoms with Crippen molar-refractivity contribution in [1.82, 2.24) is 5.32 Å². The fraction of sp³-hybridized carbons (Fsp3) is 0.909. The van der Waals surface area contributed by atoms with Gasteiger partial charge in [0.2, 0.25) is 5.91 Å². The minimum atomic E-state index is 0.206. The largest absolute Gasteiger partial charge is 0.356 e. The lowest BCUT2D eigenvalue weighted by atomic mass is 9.68. The Labute approximate surface area is 81.1 Å². The molecule has 13 heavy (non-hydrogen) atoms. The smallest absolute Gasteiger partial charge is 0.223 e. The first kappa shape index (κ1) is 10.6. The minimum Gasteiger partial charge on any atom is -0.356 e. The molecule has 0 spiro atoms. The van der Waals surface area contributed by atoms with Gasteiger partial charge in [0.1, 0.15) is 0 Å². The van der Waals surface area contributed by atoms with E-state index < -0.39 is 0 Å². The lowest BCUT2D eigenvalue weighted by Gasteiger charge is -2.37. The summed E-state index contributed by atoms with van der Waals surface area (Å²) in [6.45, 7) is 7.16. The van der Waals surface area contributed by atoms with E-state index in [1.54, 1.807) is 0 Å². The Hall–Kier alpha value is -0.530. The highest BCUT2D eigenvalue weighted by Gasteiger charge is 2.36. The van der Waals surface area contributed by atoms with Crippen LogP contribution >= 0.6 is 0 Å². The van der Waals surface area contributed by atoms with Crippen molar-refractivity contribution in [3.05, 3.63) is 0 Å². The van der Waals surface area contributed by atoms with Crippen LogP contribution in [0.25, 0.3) is 0 Å². The second-order valence-electron chi connectivity index (χ2n) is 4.68. The molecule has 0 aromatic heterocycles. The third-order valence-corrected chi connectivity index (χ3v) is 3.17. The second-order valence-corrected chi connectivity index (χ2v) is 4.68. The summed E-state index contributed by atoms with van der Waals surface area (Å²) >= 11 is 0. The van der Waals surface area contributed by atoms with Gasteiger partial charge in [-0.25, -0.2) is 0 Å². The molecule has 1 fully saturated rings. The zero-order valence-corrected chi connectivity index (χ0v) is 9.02. The molecule has 1 aliphatic rings. The topological polar surface area (TPSA) is 29.1 Å². The molecule has 1 atom stereocenters. The Bertz CT molecular complexity index is 187. The Morgan fingerprint density at radius 3 is 2.69 bits per heavy atom. The van der Waals surface area contributed by atoms with Crippen LogP contribution in [0, 0.1) is 11.3 Å².